The Morgan fingerprint density at radius 3 is 2.33 bits per heavy atom. The molecule has 0 N–H and O–H groups in total. The molecule has 1 atom stereocenters. The zero-order chi connectivity index (χ0) is 12.4. The van der Waals surface area contributed by atoms with Crippen LogP contribution in [-0.2, 0) is 4.74 Å². The average molecular weight is 241 g/mol. The van der Waals surface area contributed by atoms with Crippen LogP contribution in [0.15, 0.2) is 24.3 Å². The first-order valence-electron chi connectivity index (χ1n) is 6.97. The molecule has 0 spiro atoms. The number of rotatable bonds is 3. The van der Waals surface area contributed by atoms with E-state index in [1.165, 1.54) is 37.7 Å². The molecule has 18 heavy (non-hydrogen) atoms. The molecule has 0 amide bonds. The predicted octanol–water partition coefficient (Wildman–Crippen LogP) is 3.62. The summed E-state index contributed by atoms with van der Waals surface area (Å²) in [5.41, 5.74) is 2.17. The molecule has 1 saturated carbocycles. The summed E-state index contributed by atoms with van der Waals surface area (Å²) in [6, 6.07) is 10.3. The first-order valence-corrected chi connectivity index (χ1v) is 6.97. The Morgan fingerprint density at radius 1 is 1.11 bits per heavy atom. The third-order valence-corrected chi connectivity index (χ3v) is 4.36. The molecule has 0 aromatic heterocycles. The van der Waals surface area contributed by atoms with Crippen LogP contribution in [0.2, 0.25) is 0 Å². The minimum absolute atomic E-state index is 0.585. The average Bonchev–Trinajstić information content (AvgIpc) is 3.24. The number of hydrogen-bond acceptors (Lipinski definition) is 2. The predicted molar refractivity (Wildman–Crippen MR) is 70.2 cm³/mol. The van der Waals surface area contributed by atoms with Crippen molar-refractivity contribution in [2.24, 2.45) is 5.92 Å². The molecule has 1 saturated heterocycles. The van der Waals surface area contributed by atoms with Gasteiger partial charge in [0.25, 0.3) is 0 Å². The number of nitrogens with zero attached hydrogens (tertiary/aromatic N) is 1. The second kappa shape index (κ2) is 5.12. The lowest BCUT2D eigenvalue weighted by Gasteiger charge is -2.28. The summed E-state index contributed by atoms with van der Waals surface area (Å²) < 4.78 is 5.32. The second-order valence-electron chi connectivity index (χ2n) is 5.64. The maximum atomic E-state index is 8.80. The first-order chi connectivity index (χ1) is 8.85. The highest BCUT2D eigenvalue weighted by Crippen LogP contribution is 2.38. The number of nitriles is 1. The quantitative estimate of drug-likeness (QED) is 0.758. The molecular weight excluding hydrogens is 222 g/mol. The standard InChI is InChI=1S/C16H19NO/c17-10-13-3-7-15(8-4-13)14-5-1-12(2-6-14)9-16-11-18-16/h3-4,7-8,12,14,16H,1-2,5-6,9,11H2. The Labute approximate surface area is 109 Å². The van der Waals surface area contributed by atoms with Crippen LogP contribution in [0.5, 0.6) is 0 Å². The molecule has 1 heterocycles. The van der Waals surface area contributed by atoms with Crippen molar-refractivity contribution in [2.75, 3.05) is 6.61 Å². The largest absolute Gasteiger partial charge is 0.373 e. The van der Waals surface area contributed by atoms with Crippen LogP contribution >= 0.6 is 0 Å². The lowest BCUT2D eigenvalue weighted by Crippen LogP contribution is -2.14. The Kier molecular flexibility index (Phi) is 3.34. The van der Waals surface area contributed by atoms with Crippen molar-refractivity contribution in [3.05, 3.63) is 35.4 Å². The van der Waals surface area contributed by atoms with Crippen molar-refractivity contribution in [1.29, 1.82) is 5.26 Å². The Balaban J connectivity index is 1.56. The van der Waals surface area contributed by atoms with Gasteiger partial charge in [-0.05, 0) is 61.6 Å². The third kappa shape index (κ3) is 2.73. The molecule has 1 aliphatic heterocycles. The fourth-order valence-electron chi connectivity index (χ4n) is 3.14. The Bertz CT molecular complexity index is 433. The molecule has 0 radical (unpaired) electrons. The molecule has 2 heteroatoms. The van der Waals surface area contributed by atoms with Crippen molar-refractivity contribution in [3.63, 3.8) is 0 Å². The minimum Gasteiger partial charge on any atom is -0.373 e. The Hall–Kier alpha value is -1.33. The van der Waals surface area contributed by atoms with Crippen molar-refractivity contribution < 1.29 is 4.74 Å². The highest BCUT2D eigenvalue weighted by Gasteiger charge is 2.29. The van der Waals surface area contributed by atoms with Gasteiger partial charge in [0.05, 0.1) is 24.3 Å². The van der Waals surface area contributed by atoms with Gasteiger partial charge < -0.3 is 4.74 Å². The summed E-state index contributed by atoms with van der Waals surface area (Å²) in [4.78, 5) is 0. The van der Waals surface area contributed by atoms with Gasteiger partial charge in [-0.1, -0.05) is 12.1 Å². The Morgan fingerprint density at radius 2 is 1.78 bits per heavy atom. The van der Waals surface area contributed by atoms with Crippen LogP contribution in [0.1, 0.15) is 49.1 Å². The summed E-state index contributed by atoms with van der Waals surface area (Å²) in [5.74, 6) is 1.58. The van der Waals surface area contributed by atoms with E-state index in [-0.39, 0.29) is 0 Å². The zero-order valence-corrected chi connectivity index (χ0v) is 10.6. The van der Waals surface area contributed by atoms with E-state index in [1.807, 2.05) is 12.1 Å². The van der Waals surface area contributed by atoms with Crippen LogP contribution in [-0.4, -0.2) is 12.7 Å². The lowest BCUT2D eigenvalue weighted by molar-refractivity contribution is 0.276. The van der Waals surface area contributed by atoms with Crippen LogP contribution < -0.4 is 0 Å². The van der Waals surface area contributed by atoms with Crippen molar-refractivity contribution in [3.8, 4) is 6.07 Å². The molecule has 2 nitrogen and oxygen atoms in total. The summed E-state index contributed by atoms with van der Waals surface area (Å²) in [6.45, 7) is 0.996. The van der Waals surface area contributed by atoms with E-state index in [4.69, 9.17) is 10.00 Å². The molecule has 1 unspecified atom stereocenters. The fraction of sp³-hybridized carbons (Fsp3) is 0.562. The van der Waals surface area contributed by atoms with Gasteiger partial charge in [-0.2, -0.15) is 5.26 Å². The molecule has 3 rings (SSSR count). The number of ether oxygens (including phenoxy) is 1. The lowest BCUT2D eigenvalue weighted by atomic mass is 9.77. The summed E-state index contributed by atoms with van der Waals surface area (Å²) in [5, 5.41) is 8.80. The maximum Gasteiger partial charge on any atom is 0.0991 e. The van der Waals surface area contributed by atoms with Gasteiger partial charge in [0.1, 0.15) is 0 Å². The molecule has 2 aliphatic rings. The topological polar surface area (TPSA) is 36.3 Å². The summed E-state index contributed by atoms with van der Waals surface area (Å²) in [7, 11) is 0. The van der Waals surface area contributed by atoms with Gasteiger partial charge in [0.15, 0.2) is 0 Å². The monoisotopic (exact) mass is 241 g/mol. The van der Waals surface area contributed by atoms with Crippen LogP contribution in [0.4, 0.5) is 0 Å². The van der Waals surface area contributed by atoms with E-state index < -0.39 is 0 Å². The molecule has 0 bridgehead atoms. The minimum atomic E-state index is 0.585. The molecule has 1 aliphatic carbocycles. The van der Waals surface area contributed by atoms with Crippen LogP contribution in [0.25, 0.3) is 0 Å². The number of epoxide rings is 1. The van der Waals surface area contributed by atoms with Gasteiger partial charge in [-0.15, -0.1) is 0 Å². The normalized spacial score (nSPS) is 30.7. The molecule has 1 aromatic carbocycles. The SMILES string of the molecule is N#Cc1ccc(C2CCC(CC3CO3)CC2)cc1. The van der Waals surface area contributed by atoms with Crippen LogP contribution in [0.3, 0.4) is 0 Å². The van der Waals surface area contributed by atoms with E-state index in [2.05, 4.69) is 18.2 Å². The van der Waals surface area contributed by atoms with Crippen molar-refractivity contribution in [1.82, 2.24) is 0 Å². The first kappa shape index (κ1) is 11.7. The van der Waals surface area contributed by atoms with Crippen molar-refractivity contribution >= 4 is 0 Å². The third-order valence-electron chi connectivity index (χ3n) is 4.36. The van der Waals surface area contributed by atoms with Gasteiger partial charge in [0, 0.05) is 0 Å². The van der Waals surface area contributed by atoms with Gasteiger partial charge in [0.2, 0.25) is 0 Å². The van der Waals surface area contributed by atoms with Gasteiger partial charge in [-0.25, -0.2) is 0 Å². The van der Waals surface area contributed by atoms with E-state index in [0.29, 0.717) is 12.0 Å². The van der Waals surface area contributed by atoms with E-state index >= 15 is 0 Å². The van der Waals surface area contributed by atoms with E-state index in [9.17, 15) is 0 Å². The zero-order valence-electron chi connectivity index (χ0n) is 10.6. The van der Waals surface area contributed by atoms with E-state index in [0.717, 1.165) is 18.1 Å². The molecular formula is C16H19NO. The molecule has 1 aromatic rings. The smallest absolute Gasteiger partial charge is 0.0991 e. The molecule has 94 valence electrons. The summed E-state index contributed by atoms with van der Waals surface area (Å²) >= 11 is 0. The van der Waals surface area contributed by atoms with Crippen molar-refractivity contribution in [2.45, 2.75) is 44.1 Å². The van der Waals surface area contributed by atoms with E-state index in [1.54, 1.807) is 0 Å². The highest BCUT2D eigenvalue weighted by atomic mass is 16.6. The van der Waals surface area contributed by atoms with Gasteiger partial charge in [-0.3, -0.25) is 0 Å². The van der Waals surface area contributed by atoms with Gasteiger partial charge >= 0.3 is 0 Å². The highest BCUT2D eigenvalue weighted by molar-refractivity contribution is 5.33. The summed E-state index contributed by atoms with van der Waals surface area (Å²) in [6.07, 6.45) is 7.13. The maximum absolute atomic E-state index is 8.80. The van der Waals surface area contributed by atoms with Crippen LogP contribution in [0, 0.1) is 17.2 Å². The molecule has 2 fully saturated rings. The second-order valence-corrected chi connectivity index (χ2v) is 5.64. The fourth-order valence-corrected chi connectivity index (χ4v) is 3.14. The number of benzene rings is 1. The number of hydrogen-bond donors (Lipinski definition) is 0.